The highest BCUT2D eigenvalue weighted by molar-refractivity contribution is 5.66. The zero-order chi connectivity index (χ0) is 10.5. The van der Waals surface area contributed by atoms with E-state index in [4.69, 9.17) is 0 Å². The fourth-order valence-electron chi connectivity index (χ4n) is 2.35. The second-order valence-corrected chi connectivity index (χ2v) is 4.16. The summed E-state index contributed by atoms with van der Waals surface area (Å²) in [4.78, 5) is 10.4. The first-order valence-corrected chi connectivity index (χ1v) is 5.58. The molecule has 2 rings (SSSR count). The Balaban J connectivity index is 2.11. The minimum Gasteiger partial charge on any atom is -0.299 e. The van der Waals surface area contributed by atoms with Crippen LogP contribution in [0.25, 0.3) is 0 Å². The maximum atomic E-state index is 10.4. The van der Waals surface area contributed by atoms with Crippen molar-refractivity contribution in [3.05, 3.63) is 47.5 Å². The van der Waals surface area contributed by atoms with E-state index in [0.717, 1.165) is 19.1 Å². The first-order valence-electron chi connectivity index (χ1n) is 5.58. The molecule has 1 aliphatic rings. The number of allylic oxidation sites excluding steroid dienone is 2. The predicted octanol–water partition coefficient (Wildman–Crippen LogP) is 3.47. The molecule has 1 aromatic carbocycles. The van der Waals surface area contributed by atoms with Crippen molar-refractivity contribution in [3.8, 4) is 0 Å². The Morgan fingerprint density at radius 2 is 2.00 bits per heavy atom. The van der Waals surface area contributed by atoms with Crippen LogP contribution in [0, 0.1) is 0 Å². The summed E-state index contributed by atoms with van der Waals surface area (Å²) in [7, 11) is 0. The van der Waals surface area contributed by atoms with Gasteiger partial charge >= 0.3 is 0 Å². The molecule has 0 amide bonds. The van der Waals surface area contributed by atoms with Gasteiger partial charge in [-0.25, -0.2) is 0 Å². The SMILES string of the molecule is O=C/C=C1\CCC[C@@H](c2ccccc2)C1. The van der Waals surface area contributed by atoms with Crippen LogP contribution in [-0.2, 0) is 4.79 Å². The molecular weight excluding hydrogens is 184 g/mol. The normalized spacial score (nSPS) is 24.0. The second-order valence-electron chi connectivity index (χ2n) is 4.16. The largest absolute Gasteiger partial charge is 0.299 e. The van der Waals surface area contributed by atoms with Gasteiger partial charge < -0.3 is 0 Å². The lowest BCUT2D eigenvalue weighted by molar-refractivity contribution is -0.104. The highest BCUT2D eigenvalue weighted by atomic mass is 16.1. The van der Waals surface area contributed by atoms with E-state index in [-0.39, 0.29) is 0 Å². The monoisotopic (exact) mass is 200 g/mol. The molecule has 1 aliphatic carbocycles. The molecule has 0 N–H and O–H groups in total. The molecule has 1 nitrogen and oxygen atoms in total. The number of hydrogen-bond donors (Lipinski definition) is 0. The molecule has 1 saturated carbocycles. The third-order valence-corrected chi connectivity index (χ3v) is 3.13. The summed E-state index contributed by atoms with van der Waals surface area (Å²) in [5.41, 5.74) is 2.72. The quantitative estimate of drug-likeness (QED) is 0.527. The van der Waals surface area contributed by atoms with E-state index < -0.39 is 0 Å². The van der Waals surface area contributed by atoms with E-state index >= 15 is 0 Å². The summed E-state index contributed by atoms with van der Waals surface area (Å²) < 4.78 is 0. The third kappa shape index (κ3) is 2.56. The number of carbonyl (C=O) groups is 1. The van der Waals surface area contributed by atoms with Crippen LogP contribution in [-0.4, -0.2) is 6.29 Å². The topological polar surface area (TPSA) is 17.1 Å². The Hall–Kier alpha value is -1.37. The number of carbonyl (C=O) groups excluding carboxylic acids is 1. The van der Waals surface area contributed by atoms with Crippen molar-refractivity contribution in [2.75, 3.05) is 0 Å². The smallest absolute Gasteiger partial charge is 0.142 e. The highest BCUT2D eigenvalue weighted by Crippen LogP contribution is 2.35. The van der Waals surface area contributed by atoms with Gasteiger partial charge in [-0.2, -0.15) is 0 Å². The van der Waals surface area contributed by atoms with Crippen LogP contribution < -0.4 is 0 Å². The lowest BCUT2D eigenvalue weighted by Crippen LogP contribution is -2.06. The Bertz CT molecular complexity index is 351. The zero-order valence-electron chi connectivity index (χ0n) is 8.86. The van der Waals surface area contributed by atoms with Crippen molar-refractivity contribution >= 4 is 6.29 Å². The van der Waals surface area contributed by atoms with Crippen LogP contribution >= 0.6 is 0 Å². The van der Waals surface area contributed by atoms with Gasteiger partial charge in [-0.1, -0.05) is 35.9 Å². The molecule has 15 heavy (non-hydrogen) atoms. The van der Waals surface area contributed by atoms with Crippen LogP contribution in [0.15, 0.2) is 42.0 Å². The van der Waals surface area contributed by atoms with Crippen molar-refractivity contribution < 1.29 is 4.79 Å². The molecule has 0 spiro atoms. The van der Waals surface area contributed by atoms with Crippen molar-refractivity contribution in [2.24, 2.45) is 0 Å². The standard InChI is InChI=1S/C14H16O/c15-10-9-12-5-4-8-14(11-12)13-6-2-1-3-7-13/h1-3,6-7,9-10,14H,4-5,8,11H2/b12-9+/t14-/m1/s1. The van der Waals surface area contributed by atoms with Crippen LogP contribution in [0.5, 0.6) is 0 Å². The first kappa shape index (κ1) is 10.2. The number of rotatable bonds is 2. The summed E-state index contributed by atoms with van der Waals surface area (Å²) in [5, 5.41) is 0. The van der Waals surface area contributed by atoms with E-state index in [1.54, 1.807) is 6.08 Å². The van der Waals surface area contributed by atoms with Gasteiger partial charge in [0.05, 0.1) is 0 Å². The second kappa shape index (κ2) is 4.92. The van der Waals surface area contributed by atoms with Gasteiger partial charge in [-0.15, -0.1) is 0 Å². The molecular formula is C14H16O. The average molecular weight is 200 g/mol. The zero-order valence-corrected chi connectivity index (χ0v) is 8.86. The van der Waals surface area contributed by atoms with Gasteiger partial charge in [-0.05, 0) is 43.2 Å². The van der Waals surface area contributed by atoms with Crippen molar-refractivity contribution in [3.63, 3.8) is 0 Å². The van der Waals surface area contributed by atoms with Gasteiger partial charge in [0.2, 0.25) is 0 Å². The van der Waals surface area contributed by atoms with E-state index in [1.165, 1.54) is 24.0 Å². The van der Waals surface area contributed by atoms with E-state index in [2.05, 4.69) is 30.3 Å². The van der Waals surface area contributed by atoms with Crippen LogP contribution in [0.2, 0.25) is 0 Å². The van der Waals surface area contributed by atoms with Gasteiger partial charge in [0.1, 0.15) is 6.29 Å². The maximum absolute atomic E-state index is 10.4. The Morgan fingerprint density at radius 3 is 2.73 bits per heavy atom. The summed E-state index contributed by atoms with van der Waals surface area (Å²) in [6, 6.07) is 10.6. The third-order valence-electron chi connectivity index (χ3n) is 3.13. The number of hydrogen-bond acceptors (Lipinski definition) is 1. The molecule has 1 atom stereocenters. The van der Waals surface area contributed by atoms with E-state index in [0.29, 0.717) is 5.92 Å². The highest BCUT2D eigenvalue weighted by Gasteiger charge is 2.17. The Labute approximate surface area is 90.8 Å². The van der Waals surface area contributed by atoms with E-state index in [9.17, 15) is 4.79 Å². The van der Waals surface area contributed by atoms with Gasteiger partial charge in [0.15, 0.2) is 0 Å². The molecule has 0 saturated heterocycles. The first-order chi connectivity index (χ1) is 7.40. The molecule has 1 heteroatoms. The molecule has 0 unspecified atom stereocenters. The maximum Gasteiger partial charge on any atom is 0.142 e. The lowest BCUT2D eigenvalue weighted by atomic mass is 9.81. The molecule has 1 aromatic rings. The summed E-state index contributed by atoms with van der Waals surface area (Å²) in [6.07, 6.45) is 7.28. The average Bonchev–Trinajstić information content (AvgIpc) is 2.31. The van der Waals surface area contributed by atoms with Gasteiger partial charge in [0.25, 0.3) is 0 Å². The molecule has 0 bridgehead atoms. The van der Waals surface area contributed by atoms with Crippen molar-refractivity contribution in [2.45, 2.75) is 31.6 Å². The molecule has 78 valence electrons. The minimum absolute atomic E-state index is 0.617. The molecule has 0 aromatic heterocycles. The van der Waals surface area contributed by atoms with Crippen LogP contribution in [0.1, 0.15) is 37.2 Å². The Morgan fingerprint density at radius 1 is 1.20 bits per heavy atom. The Kier molecular flexibility index (Phi) is 3.33. The fraction of sp³-hybridized carbons (Fsp3) is 0.357. The summed E-state index contributed by atoms with van der Waals surface area (Å²) in [6.45, 7) is 0. The summed E-state index contributed by atoms with van der Waals surface area (Å²) >= 11 is 0. The number of benzene rings is 1. The van der Waals surface area contributed by atoms with E-state index in [1.807, 2.05) is 0 Å². The van der Waals surface area contributed by atoms with Crippen LogP contribution in [0.4, 0.5) is 0 Å². The molecule has 0 aliphatic heterocycles. The van der Waals surface area contributed by atoms with Gasteiger partial charge in [-0.3, -0.25) is 4.79 Å². The lowest BCUT2D eigenvalue weighted by Gasteiger charge is -2.24. The minimum atomic E-state index is 0.617. The number of aldehydes is 1. The molecule has 0 radical (unpaired) electrons. The van der Waals surface area contributed by atoms with Crippen molar-refractivity contribution in [1.29, 1.82) is 0 Å². The summed E-state index contributed by atoms with van der Waals surface area (Å²) in [5.74, 6) is 0.617. The van der Waals surface area contributed by atoms with Crippen molar-refractivity contribution in [1.82, 2.24) is 0 Å². The fourth-order valence-corrected chi connectivity index (χ4v) is 2.35. The van der Waals surface area contributed by atoms with Gasteiger partial charge in [0, 0.05) is 0 Å². The predicted molar refractivity (Wildman–Crippen MR) is 61.8 cm³/mol. The molecule has 0 heterocycles. The molecule has 1 fully saturated rings. The van der Waals surface area contributed by atoms with Crippen LogP contribution in [0.3, 0.4) is 0 Å².